The highest BCUT2D eigenvalue weighted by atomic mass is 35.5. The molecule has 0 radical (unpaired) electrons. The second kappa shape index (κ2) is 5.31. The first kappa shape index (κ1) is 13.2. The minimum absolute atomic E-state index is 0.204. The molecule has 1 aliphatic rings. The van der Waals surface area contributed by atoms with E-state index in [2.05, 4.69) is 16.8 Å². The van der Waals surface area contributed by atoms with Crippen LogP contribution in [0.25, 0.3) is 0 Å². The summed E-state index contributed by atoms with van der Waals surface area (Å²) in [5.74, 6) is -0.416. The molecule has 0 saturated heterocycles. The maximum absolute atomic E-state index is 13.2. The molecule has 3 rings (SSSR count). The summed E-state index contributed by atoms with van der Waals surface area (Å²) in [6.07, 6.45) is 3.31. The van der Waals surface area contributed by atoms with Crippen LogP contribution in [0.5, 0.6) is 0 Å². The molecule has 1 aromatic heterocycles. The van der Waals surface area contributed by atoms with Crippen molar-refractivity contribution in [3.05, 3.63) is 49.9 Å². The Morgan fingerprint density at radius 3 is 2.74 bits per heavy atom. The van der Waals surface area contributed by atoms with Crippen LogP contribution in [0.1, 0.15) is 29.3 Å². The molecule has 1 aromatic carbocycles. The van der Waals surface area contributed by atoms with Crippen molar-refractivity contribution in [1.82, 2.24) is 0 Å². The second-order valence-electron chi connectivity index (χ2n) is 4.63. The third kappa shape index (κ3) is 2.60. The fourth-order valence-electron chi connectivity index (χ4n) is 2.49. The topological polar surface area (TPSA) is 12.0 Å². The fraction of sp³-hybridized carbons (Fsp3) is 0.286. The lowest BCUT2D eigenvalue weighted by Crippen LogP contribution is -2.16. The monoisotopic (exact) mass is 315 g/mol. The predicted octanol–water partition coefficient (Wildman–Crippen LogP) is 5.68. The van der Waals surface area contributed by atoms with Crippen LogP contribution in [0.3, 0.4) is 0 Å². The lowest BCUT2D eigenvalue weighted by atomic mass is 9.94. The smallest absolute Gasteiger partial charge is 0.126 e. The molecule has 19 heavy (non-hydrogen) atoms. The quantitative estimate of drug-likeness (QED) is 0.751. The number of nitrogens with one attached hydrogen (secondary N) is 1. The van der Waals surface area contributed by atoms with Crippen molar-refractivity contribution in [3.8, 4) is 0 Å². The number of benzene rings is 1. The van der Waals surface area contributed by atoms with Gasteiger partial charge in [0.1, 0.15) is 5.82 Å². The molecule has 0 saturated carbocycles. The number of thiophene rings is 1. The van der Waals surface area contributed by atoms with Gasteiger partial charge >= 0.3 is 0 Å². The number of halogens is 3. The summed E-state index contributed by atoms with van der Waals surface area (Å²) in [7, 11) is 0. The SMILES string of the molecule is Fc1cc(Cl)c(NC2CCCc3sccc32)c(Cl)c1. The van der Waals surface area contributed by atoms with Gasteiger partial charge in [-0.05, 0) is 48.4 Å². The Balaban J connectivity index is 1.92. The first-order valence-corrected chi connectivity index (χ1v) is 7.76. The van der Waals surface area contributed by atoms with E-state index in [-0.39, 0.29) is 6.04 Å². The summed E-state index contributed by atoms with van der Waals surface area (Å²) >= 11 is 13.9. The first-order chi connectivity index (χ1) is 9.15. The Morgan fingerprint density at radius 1 is 1.26 bits per heavy atom. The van der Waals surface area contributed by atoms with Crippen molar-refractivity contribution in [2.24, 2.45) is 0 Å². The van der Waals surface area contributed by atoms with E-state index >= 15 is 0 Å². The molecule has 2 aromatic rings. The molecule has 0 amide bonds. The number of hydrogen-bond acceptors (Lipinski definition) is 2. The van der Waals surface area contributed by atoms with Gasteiger partial charge in [-0.15, -0.1) is 11.3 Å². The van der Waals surface area contributed by atoms with Gasteiger partial charge in [-0.2, -0.15) is 0 Å². The summed E-state index contributed by atoms with van der Waals surface area (Å²) in [4.78, 5) is 1.41. The van der Waals surface area contributed by atoms with Gasteiger partial charge in [0.2, 0.25) is 0 Å². The highest BCUT2D eigenvalue weighted by molar-refractivity contribution is 7.10. The molecule has 1 nitrogen and oxygen atoms in total. The lowest BCUT2D eigenvalue weighted by molar-refractivity contribution is 0.607. The molecule has 5 heteroatoms. The molecule has 1 unspecified atom stereocenters. The summed E-state index contributed by atoms with van der Waals surface area (Å²) in [6, 6.07) is 4.91. The Hall–Kier alpha value is -0.770. The number of aryl methyl sites for hydroxylation is 1. The maximum Gasteiger partial charge on any atom is 0.126 e. The molecule has 0 aliphatic heterocycles. The summed E-state index contributed by atoms with van der Waals surface area (Å²) < 4.78 is 13.2. The average Bonchev–Trinajstić information content (AvgIpc) is 2.82. The zero-order chi connectivity index (χ0) is 13.4. The minimum Gasteiger partial charge on any atom is -0.376 e. The highest BCUT2D eigenvalue weighted by Crippen LogP contribution is 2.39. The number of hydrogen-bond donors (Lipinski definition) is 1. The first-order valence-electron chi connectivity index (χ1n) is 6.12. The van der Waals surface area contributed by atoms with Crippen LogP contribution >= 0.6 is 34.5 Å². The Kier molecular flexibility index (Phi) is 3.70. The third-order valence-electron chi connectivity index (χ3n) is 3.38. The molecule has 0 fully saturated rings. The highest BCUT2D eigenvalue weighted by Gasteiger charge is 2.22. The number of fused-ring (bicyclic) bond motifs is 1. The van der Waals surface area contributed by atoms with Crippen LogP contribution in [0.2, 0.25) is 10.0 Å². The van der Waals surface area contributed by atoms with E-state index < -0.39 is 5.82 Å². The lowest BCUT2D eigenvalue weighted by Gasteiger charge is -2.25. The van der Waals surface area contributed by atoms with Gasteiger partial charge in [-0.1, -0.05) is 23.2 Å². The second-order valence-corrected chi connectivity index (χ2v) is 6.45. The normalized spacial score (nSPS) is 18.2. The Bertz CT molecular complexity index is 588. The van der Waals surface area contributed by atoms with Gasteiger partial charge < -0.3 is 5.32 Å². The van der Waals surface area contributed by atoms with Gasteiger partial charge in [-0.3, -0.25) is 0 Å². The Morgan fingerprint density at radius 2 is 2.00 bits per heavy atom. The van der Waals surface area contributed by atoms with Crippen LogP contribution < -0.4 is 5.32 Å². The average molecular weight is 316 g/mol. The molecular weight excluding hydrogens is 304 g/mol. The van der Waals surface area contributed by atoms with Crippen LogP contribution in [-0.4, -0.2) is 0 Å². The van der Waals surface area contributed by atoms with E-state index in [1.165, 1.54) is 22.6 Å². The Labute approximate surface area is 125 Å². The van der Waals surface area contributed by atoms with Gasteiger partial charge in [0.05, 0.1) is 21.8 Å². The van der Waals surface area contributed by atoms with Gasteiger partial charge in [0.25, 0.3) is 0 Å². The zero-order valence-corrected chi connectivity index (χ0v) is 12.4. The zero-order valence-electron chi connectivity index (χ0n) is 10.1. The van der Waals surface area contributed by atoms with Crippen molar-refractivity contribution in [3.63, 3.8) is 0 Å². The van der Waals surface area contributed by atoms with Crippen molar-refractivity contribution < 1.29 is 4.39 Å². The van der Waals surface area contributed by atoms with Crippen molar-refractivity contribution in [2.45, 2.75) is 25.3 Å². The van der Waals surface area contributed by atoms with Gasteiger partial charge in [0, 0.05) is 4.88 Å². The van der Waals surface area contributed by atoms with Crippen LogP contribution in [0, 0.1) is 5.82 Å². The van der Waals surface area contributed by atoms with Crippen molar-refractivity contribution in [1.29, 1.82) is 0 Å². The van der Waals surface area contributed by atoms with E-state index in [9.17, 15) is 4.39 Å². The van der Waals surface area contributed by atoms with Crippen LogP contribution in [0.4, 0.5) is 10.1 Å². The largest absolute Gasteiger partial charge is 0.376 e. The standard InChI is InChI=1S/C14H12Cl2FNS/c15-10-6-8(17)7-11(16)14(10)18-12-2-1-3-13-9(12)4-5-19-13/h4-7,12,18H,1-3H2. The number of anilines is 1. The minimum atomic E-state index is -0.416. The van der Waals surface area contributed by atoms with Crippen LogP contribution in [0.15, 0.2) is 23.6 Å². The van der Waals surface area contributed by atoms with Crippen molar-refractivity contribution >= 4 is 40.2 Å². The molecular formula is C14H12Cl2FNS. The van der Waals surface area contributed by atoms with Gasteiger partial charge in [0.15, 0.2) is 0 Å². The summed E-state index contributed by atoms with van der Waals surface area (Å²) in [6.45, 7) is 0. The third-order valence-corrected chi connectivity index (χ3v) is 4.97. The predicted molar refractivity (Wildman–Crippen MR) is 80.0 cm³/mol. The van der Waals surface area contributed by atoms with E-state index in [0.717, 1.165) is 19.3 Å². The van der Waals surface area contributed by atoms with Crippen molar-refractivity contribution in [2.75, 3.05) is 5.32 Å². The molecule has 0 spiro atoms. The molecule has 1 N–H and O–H groups in total. The molecule has 1 aliphatic carbocycles. The molecule has 100 valence electrons. The maximum atomic E-state index is 13.2. The molecule has 1 heterocycles. The van der Waals surface area contributed by atoms with Gasteiger partial charge in [-0.25, -0.2) is 4.39 Å². The summed E-state index contributed by atoms with van der Waals surface area (Å²) in [5.41, 5.74) is 1.93. The fourth-order valence-corrected chi connectivity index (χ4v) is 4.05. The number of rotatable bonds is 2. The van der Waals surface area contributed by atoms with E-state index in [4.69, 9.17) is 23.2 Å². The van der Waals surface area contributed by atoms with Crippen LogP contribution in [-0.2, 0) is 6.42 Å². The molecule has 0 bridgehead atoms. The summed E-state index contributed by atoms with van der Waals surface area (Å²) in [5, 5.41) is 6.13. The van der Waals surface area contributed by atoms with E-state index in [1.54, 1.807) is 11.3 Å². The van der Waals surface area contributed by atoms with E-state index in [1.807, 2.05) is 0 Å². The van der Waals surface area contributed by atoms with E-state index in [0.29, 0.717) is 15.7 Å². The molecule has 1 atom stereocenters.